The third kappa shape index (κ3) is 27.7. The molecule has 1 aromatic carbocycles. The molecule has 0 aromatic heterocycles. The van der Waals surface area contributed by atoms with Crippen molar-refractivity contribution in [3.8, 4) is 11.5 Å². The maximum atomic E-state index is 11.7. The summed E-state index contributed by atoms with van der Waals surface area (Å²) in [5, 5.41) is 0. The summed E-state index contributed by atoms with van der Waals surface area (Å²) in [5.41, 5.74) is 0.850. The van der Waals surface area contributed by atoms with Crippen molar-refractivity contribution < 1.29 is 38.0 Å². The monoisotopic (exact) mass is 542 g/mol. The molecule has 0 radical (unpaired) electrons. The third-order valence-electron chi connectivity index (χ3n) is 3.24. The Labute approximate surface area is 232 Å². The van der Waals surface area contributed by atoms with E-state index in [9.17, 15) is 9.59 Å². The van der Waals surface area contributed by atoms with Crippen LogP contribution in [0.1, 0.15) is 101 Å². The number of aryl methyl sites for hydroxylation is 1. The van der Waals surface area contributed by atoms with Crippen LogP contribution in [0.2, 0.25) is 0 Å². The molecule has 38 heavy (non-hydrogen) atoms. The van der Waals surface area contributed by atoms with Gasteiger partial charge in [0.1, 0.15) is 0 Å². The quantitative estimate of drug-likeness (QED) is 0.148. The molecule has 0 saturated carbocycles. The van der Waals surface area contributed by atoms with Gasteiger partial charge in [-0.15, -0.1) is 0 Å². The summed E-state index contributed by atoms with van der Waals surface area (Å²) in [5.74, 6) is 1.79. The van der Waals surface area contributed by atoms with E-state index in [1.807, 2.05) is 13.8 Å². The minimum absolute atomic E-state index is 0.0687. The largest absolute Gasteiger partial charge is 0.511 e. The minimum Gasteiger partial charge on any atom is -0.463 e. The highest BCUT2D eigenvalue weighted by Gasteiger charge is 2.12. The maximum absolute atomic E-state index is 11.7. The summed E-state index contributed by atoms with van der Waals surface area (Å²) in [6.45, 7) is 26.7. The van der Waals surface area contributed by atoms with Crippen LogP contribution in [0, 0.1) is 5.92 Å². The molecule has 222 valence electrons. The molecule has 0 aliphatic heterocycles. The first-order valence-electron chi connectivity index (χ1n) is 13.5. The van der Waals surface area contributed by atoms with Crippen molar-refractivity contribution in [2.45, 2.75) is 115 Å². The fraction of sp³-hybridized carbons (Fsp3) is 0.667. The van der Waals surface area contributed by atoms with Gasteiger partial charge >= 0.3 is 12.1 Å². The average molecular weight is 543 g/mol. The van der Waals surface area contributed by atoms with Crippen molar-refractivity contribution in [3.63, 3.8) is 0 Å². The zero-order valence-corrected chi connectivity index (χ0v) is 26.0. The summed E-state index contributed by atoms with van der Waals surface area (Å²) in [6, 6.07) is 5.18. The van der Waals surface area contributed by atoms with Crippen LogP contribution < -0.4 is 9.47 Å². The fourth-order valence-corrected chi connectivity index (χ4v) is 2.07. The Morgan fingerprint density at radius 3 is 1.76 bits per heavy atom. The van der Waals surface area contributed by atoms with E-state index in [4.69, 9.17) is 28.4 Å². The molecule has 0 spiro atoms. The number of hydrogen-bond acceptors (Lipinski definition) is 8. The molecular weight excluding hydrogens is 488 g/mol. The highest BCUT2D eigenvalue weighted by molar-refractivity contribution is 5.70. The van der Waals surface area contributed by atoms with Crippen LogP contribution in [0.4, 0.5) is 4.79 Å². The SMILES string of the molecule is C=C(C)OCOc1cc(CCC(=O)OC(C)C)ccc1OCOC(=O)OC(C)C.CC.CC(C)C.CCC. The van der Waals surface area contributed by atoms with Crippen molar-refractivity contribution >= 4 is 12.1 Å². The molecule has 0 unspecified atom stereocenters. The summed E-state index contributed by atoms with van der Waals surface area (Å²) in [6.07, 6.45) is 0.694. The maximum Gasteiger partial charge on any atom is 0.511 e. The smallest absolute Gasteiger partial charge is 0.463 e. The Kier molecular flexibility index (Phi) is 26.8. The van der Waals surface area contributed by atoms with Crippen LogP contribution in [0.3, 0.4) is 0 Å². The van der Waals surface area contributed by atoms with Gasteiger partial charge in [0, 0.05) is 6.42 Å². The highest BCUT2D eigenvalue weighted by Crippen LogP contribution is 2.29. The van der Waals surface area contributed by atoms with Crippen molar-refractivity contribution in [2.75, 3.05) is 13.6 Å². The Hall–Kier alpha value is -2.90. The highest BCUT2D eigenvalue weighted by atomic mass is 16.8. The van der Waals surface area contributed by atoms with E-state index < -0.39 is 6.16 Å². The molecule has 1 aromatic rings. The lowest BCUT2D eigenvalue weighted by Crippen LogP contribution is -2.16. The normalized spacial score (nSPS) is 9.55. The number of rotatable bonds is 12. The Balaban J connectivity index is -0.00000119. The number of allylic oxidation sites excluding steroid dienone is 1. The predicted molar refractivity (Wildman–Crippen MR) is 153 cm³/mol. The van der Waals surface area contributed by atoms with Crippen molar-refractivity contribution in [1.82, 2.24) is 0 Å². The minimum atomic E-state index is -0.826. The lowest BCUT2D eigenvalue weighted by atomic mass is 10.1. The summed E-state index contributed by atoms with van der Waals surface area (Å²) < 4.78 is 31.1. The van der Waals surface area contributed by atoms with Crippen LogP contribution in [0.5, 0.6) is 11.5 Å². The van der Waals surface area contributed by atoms with Crippen LogP contribution in [-0.4, -0.2) is 37.9 Å². The second kappa shape index (κ2) is 25.7. The molecule has 0 heterocycles. The van der Waals surface area contributed by atoms with Gasteiger partial charge in [-0.2, -0.15) is 0 Å². The van der Waals surface area contributed by atoms with Gasteiger partial charge in [-0.05, 0) is 64.7 Å². The molecule has 0 saturated heterocycles. The molecule has 0 fully saturated rings. The third-order valence-corrected chi connectivity index (χ3v) is 3.24. The first kappa shape index (κ1) is 39.6. The van der Waals surface area contributed by atoms with E-state index in [1.54, 1.807) is 52.8 Å². The zero-order chi connectivity index (χ0) is 30.1. The van der Waals surface area contributed by atoms with Gasteiger partial charge in [-0.3, -0.25) is 4.79 Å². The number of benzene rings is 1. The Morgan fingerprint density at radius 1 is 0.816 bits per heavy atom. The first-order valence-corrected chi connectivity index (χ1v) is 13.5. The molecule has 0 amide bonds. The van der Waals surface area contributed by atoms with Gasteiger partial charge in [0.25, 0.3) is 0 Å². The van der Waals surface area contributed by atoms with E-state index in [2.05, 4.69) is 41.2 Å². The molecule has 0 aliphatic carbocycles. The predicted octanol–water partition coefficient (Wildman–Crippen LogP) is 8.46. The second-order valence-corrected chi connectivity index (χ2v) is 9.19. The summed E-state index contributed by atoms with van der Waals surface area (Å²) >= 11 is 0. The van der Waals surface area contributed by atoms with Gasteiger partial charge in [-0.25, -0.2) is 4.79 Å². The van der Waals surface area contributed by atoms with E-state index in [-0.39, 0.29) is 38.2 Å². The fourth-order valence-electron chi connectivity index (χ4n) is 2.07. The van der Waals surface area contributed by atoms with Crippen LogP contribution >= 0.6 is 0 Å². The van der Waals surface area contributed by atoms with Crippen LogP contribution in [0.25, 0.3) is 0 Å². The van der Waals surface area contributed by atoms with E-state index in [0.717, 1.165) is 11.5 Å². The van der Waals surface area contributed by atoms with E-state index in [1.165, 1.54) is 6.42 Å². The lowest BCUT2D eigenvalue weighted by molar-refractivity contribution is -0.147. The van der Waals surface area contributed by atoms with Crippen molar-refractivity contribution in [2.24, 2.45) is 5.92 Å². The Morgan fingerprint density at radius 2 is 1.29 bits per heavy atom. The Bertz CT molecular complexity index is 739. The van der Waals surface area contributed by atoms with Gasteiger partial charge in [-0.1, -0.05) is 67.5 Å². The van der Waals surface area contributed by atoms with Gasteiger partial charge < -0.3 is 28.4 Å². The van der Waals surface area contributed by atoms with Crippen molar-refractivity contribution in [3.05, 3.63) is 36.1 Å². The van der Waals surface area contributed by atoms with Crippen LogP contribution in [-0.2, 0) is 30.2 Å². The molecule has 8 nitrogen and oxygen atoms in total. The summed E-state index contributed by atoms with van der Waals surface area (Å²) in [4.78, 5) is 23.2. The molecule has 8 heteroatoms. The number of carbonyl (C=O) groups is 2. The molecule has 0 atom stereocenters. The van der Waals surface area contributed by atoms with E-state index in [0.29, 0.717) is 23.7 Å². The lowest BCUT2D eigenvalue weighted by Gasteiger charge is -2.15. The van der Waals surface area contributed by atoms with Crippen molar-refractivity contribution in [1.29, 1.82) is 0 Å². The zero-order valence-electron chi connectivity index (χ0n) is 26.0. The molecule has 1 rings (SSSR count). The van der Waals surface area contributed by atoms with Gasteiger partial charge in [0.05, 0.1) is 18.0 Å². The average Bonchev–Trinajstić information content (AvgIpc) is 2.79. The van der Waals surface area contributed by atoms with Gasteiger partial charge in [0.2, 0.25) is 13.6 Å². The number of hydrogen-bond donors (Lipinski definition) is 0. The molecule has 0 bridgehead atoms. The standard InChI is InChI=1S/C21H30O8.C4H10.C3H8.C2H6/c1-14(2)24-12-26-19-11-17(8-10-20(22)28-15(3)4)7-9-18(19)25-13-27-21(23)29-16(5)6;1-4(2)3;1-3-2;1-2/h7,9,11,15-16H,1,8,10,12-13H2,2-6H3;4H,1-3H3;3H2,1-2H3;1-2H3. The summed E-state index contributed by atoms with van der Waals surface area (Å²) in [7, 11) is 0. The van der Waals surface area contributed by atoms with Gasteiger partial charge in [0.15, 0.2) is 11.5 Å². The molecule has 0 aliphatic rings. The number of ether oxygens (including phenoxy) is 6. The van der Waals surface area contributed by atoms with E-state index >= 15 is 0 Å². The second-order valence-electron chi connectivity index (χ2n) is 9.19. The number of carbonyl (C=O) groups excluding carboxylic acids is 2. The topological polar surface area (TPSA) is 89.5 Å². The molecule has 0 N–H and O–H groups in total. The number of esters is 1. The van der Waals surface area contributed by atoms with Crippen LogP contribution in [0.15, 0.2) is 30.5 Å². The first-order chi connectivity index (χ1) is 17.8. The molecular formula is C30H54O8.